The fraction of sp³-hybridized carbons (Fsp3) is 0.533. The van der Waals surface area contributed by atoms with Crippen molar-refractivity contribution in [3.05, 3.63) is 35.4 Å². The van der Waals surface area contributed by atoms with Gasteiger partial charge in [0.05, 0.1) is 18.4 Å². The van der Waals surface area contributed by atoms with Crippen LogP contribution in [0.15, 0.2) is 24.3 Å². The molecule has 2 rings (SSSR count). The minimum absolute atomic E-state index is 0. The summed E-state index contributed by atoms with van der Waals surface area (Å²) in [4.78, 5) is 11.5. The standard InChI is InChI=1S/C15H22N2O4S.ClH/c1-16-10-14-7-4-8-17(14)22(19,20)11-12-5-3-6-13(9-12)15(18)21-2;/h3,5-6,9,14,16H,4,7-8,10-11H2,1-2H3;1H. The molecule has 0 radical (unpaired) electrons. The van der Waals surface area contributed by atoms with Crippen LogP contribution in [0, 0.1) is 0 Å². The van der Waals surface area contributed by atoms with Crippen molar-refractivity contribution < 1.29 is 17.9 Å². The first-order valence-corrected chi connectivity index (χ1v) is 8.90. The van der Waals surface area contributed by atoms with E-state index in [1.165, 1.54) is 7.11 Å². The SMILES string of the molecule is CNCC1CCCN1S(=O)(=O)Cc1cccc(C(=O)OC)c1.Cl. The average molecular weight is 363 g/mol. The number of carbonyl (C=O) groups is 1. The van der Waals surface area contributed by atoms with Gasteiger partial charge in [0.2, 0.25) is 10.0 Å². The lowest BCUT2D eigenvalue weighted by molar-refractivity contribution is 0.0600. The van der Waals surface area contributed by atoms with Crippen LogP contribution >= 0.6 is 12.4 Å². The van der Waals surface area contributed by atoms with Crippen molar-refractivity contribution in [3.63, 3.8) is 0 Å². The van der Waals surface area contributed by atoms with Gasteiger partial charge in [-0.1, -0.05) is 12.1 Å². The second-order valence-corrected chi connectivity index (χ2v) is 7.33. The van der Waals surface area contributed by atoms with Gasteiger partial charge in [0, 0.05) is 19.1 Å². The van der Waals surface area contributed by atoms with Gasteiger partial charge >= 0.3 is 5.97 Å². The summed E-state index contributed by atoms with van der Waals surface area (Å²) >= 11 is 0. The minimum Gasteiger partial charge on any atom is -0.465 e. The fourth-order valence-corrected chi connectivity index (χ4v) is 4.62. The largest absolute Gasteiger partial charge is 0.465 e. The van der Waals surface area contributed by atoms with E-state index in [0.29, 0.717) is 24.2 Å². The third-order valence-corrected chi connectivity index (χ3v) is 5.71. The van der Waals surface area contributed by atoms with Gasteiger partial charge in [-0.25, -0.2) is 13.2 Å². The molecule has 1 aromatic carbocycles. The molecule has 130 valence electrons. The summed E-state index contributed by atoms with van der Waals surface area (Å²) in [5.41, 5.74) is 0.960. The molecule has 8 heteroatoms. The average Bonchev–Trinajstić information content (AvgIpc) is 2.96. The Labute approximate surface area is 143 Å². The monoisotopic (exact) mass is 362 g/mol. The molecule has 6 nitrogen and oxygen atoms in total. The maximum absolute atomic E-state index is 12.6. The molecule has 1 aromatic rings. The first-order chi connectivity index (χ1) is 10.5. The number of sulfonamides is 1. The van der Waals surface area contributed by atoms with Crippen LogP contribution < -0.4 is 5.32 Å². The van der Waals surface area contributed by atoms with E-state index < -0.39 is 16.0 Å². The smallest absolute Gasteiger partial charge is 0.337 e. The molecule has 1 unspecified atom stereocenters. The summed E-state index contributed by atoms with van der Waals surface area (Å²) in [6.45, 7) is 1.22. The van der Waals surface area contributed by atoms with Gasteiger partial charge in [-0.3, -0.25) is 0 Å². The zero-order valence-corrected chi connectivity index (χ0v) is 15.0. The van der Waals surface area contributed by atoms with E-state index in [0.717, 1.165) is 12.8 Å². The molecule has 1 N–H and O–H groups in total. The molecule has 0 aliphatic carbocycles. The Morgan fingerprint density at radius 2 is 2.17 bits per heavy atom. The molecule has 0 aromatic heterocycles. The molecule has 1 heterocycles. The molecular weight excluding hydrogens is 340 g/mol. The second-order valence-electron chi connectivity index (χ2n) is 5.41. The molecule has 0 spiro atoms. The van der Waals surface area contributed by atoms with E-state index >= 15 is 0 Å². The van der Waals surface area contributed by atoms with Crippen LogP contribution in [-0.4, -0.2) is 52.0 Å². The van der Waals surface area contributed by atoms with E-state index in [4.69, 9.17) is 0 Å². The van der Waals surface area contributed by atoms with Crippen molar-refractivity contribution in [2.24, 2.45) is 0 Å². The van der Waals surface area contributed by atoms with Gasteiger partial charge < -0.3 is 10.1 Å². The number of methoxy groups -OCH3 is 1. The summed E-state index contributed by atoms with van der Waals surface area (Å²) in [6.07, 6.45) is 1.76. The van der Waals surface area contributed by atoms with Gasteiger partial charge in [-0.05, 0) is 37.6 Å². The maximum Gasteiger partial charge on any atom is 0.337 e. The third kappa shape index (κ3) is 4.91. The lowest BCUT2D eigenvalue weighted by atomic mass is 10.1. The van der Waals surface area contributed by atoms with Gasteiger partial charge in [-0.15, -0.1) is 12.4 Å². The van der Waals surface area contributed by atoms with Crippen molar-refractivity contribution in [1.29, 1.82) is 0 Å². The molecule has 1 saturated heterocycles. The number of hydrogen-bond acceptors (Lipinski definition) is 5. The first kappa shape index (κ1) is 19.9. The topological polar surface area (TPSA) is 75.7 Å². The normalized spacial score (nSPS) is 18.4. The van der Waals surface area contributed by atoms with Crippen molar-refractivity contribution in [3.8, 4) is 0 Å². The number of nitrogens with zero attached hydrogens (tertiary/aromatic N) is 1. The van der Waals surface area contributed by atoms with E-state index in [-0.39, 0.29) is 24.2 Å². The molecule has 0 bridgehead atoms. The van der Waals surface area contributed by atoms with Crippen molar-refractivity contribution in [1.82, 2.24) is 9.62 Å². The summed E-state index contributed by atoms with van der Waals surface area (Å²) in [5, 5.41) is 3.04. The van der Waals surface area contributed by atoms with E-state index in [2.05, 4.69) is 10.1 Å². The van der Waals surface area contributed by atoms with Gasteiger partial charge in [0.1, 0.15) is 0 Å². The van der Waals surface area contributed by atoms with Crippen LogP contribution in [0.3, 0.4) is 0 Å². The zero-order valence-electron chi connectivity index (χ0n) is 13.3. The Hall–Kier alpha value is -1.15. The van der Waals surface area contributed by atoms with Gasteiger partial charge in [0.15, 0.2) is 0 Å². The van der Waals surface area contributed by atoms with Crippen LogP contribution in [0.5, 0.6) is 0 Å². The minimum atomic E-state index is -3.39. The third-order valence-electron chi connectivity index (χ3n) is 3.82. The highest BCUT2D eigenvalue weighted by molar-refractivity contribution is 7.88. The van der Waals surface area contributed by atoms with Crippen LogP contribution in [0.1, 0.15) is 28.8 Å². The number of benzene rings is 1. The van der Waals surface area contributed by atoms with Crippen molar-refractivity contribution in [2.75, 3.05) is 27.2 Å². The Morgan fingerprint density at radius 1 is 1.43 bits per heavy atom. The Kier molecular flexibility index (Phi) is 7.47. The van der Waals surface area contributed by atoms with Crippen LogP contribution in [0.25, 0.3) is 0 Å². The lowest BCUT2D eigenvalue weighted by Crippen LogP contribution is -2.41. The quantitative estimate of drug-likeness (QED) is 0.774. The predicted octanol–water partition coefficient (Wildman–Crippen LogP) is 1.41. The molecular formula is C15H23ClN2O4S. The summed E-state index contributed by atoms with van der Waals surface area (Å²) in [5.74, 6) is -0.564. The van der Waals surface area contributed by atoms with Gasteiger partial charge in [0.25, 0.3) is 0 Å². The van der Waals surface area contributed by atoms with E-state index in [1.54, 1.807) is 28.6 Å². The maximum atomic E-state index is 12.6. The highest BCUT2D eigenvalue weighted by atomic mass is 35.5. The molecule has 1 fully saturated rings. The van der Waals surface area contributed by atoms with E-state index in [9.17, 15) is 13.2 Å². The Balaban J connectivity index is 0.00000264. The number of nitrogens with one attached hydrogen (secondary N) is 1. The molecule has 1 aliphatic rings. The van der Waals surface area contributed by atoms with E-state index in [1.807, 2.05) is 7.05 Å². The zero-order chi connectivity index (χ0) is 16.2. The first-order valence-electron chi connectivity index (χ1n) is 7.29. The molecule has 1 atom stereocenters. The molecule has 0 saturated carbocycles. The highest BCUT2D eigenvalue weighted by Crippen LogP contribution is 2.23. The Bertz CT molecular complexity index is 636. The highest BCUT2D eigenvalue weighted by Gasteiger charge is 2.33. The van der Waals surface area contributed by atoms with Crippen molar-refractivity contribution >= 4 is 28.4 Å². The van der Waals surface area contributed by atoms with Crippen LogP contribution in [0.2, 0.25) is 0 Å². The summed E-state index contributed by atoms with van der Waals surface area (Å²) in [7, 11) is -0.266. The number of esters is 1. The number of carbonyl (C=O) groups excluding carboxylic acids is 1. The number of hydrogen-bond donors (Lipinski definition) is 1. The molecule has 1 aliphatic heterocycles. The van der Waals surface area contributed by atoms with Crippen LogP contribution in [0.4, 0.5) is 0 Å². The lowest BCUT2D eigenvalue weighted by Gasteiger charge is -2.24. The van der Waals surface area contributed by atoms with Gasteiger partial charge in [-0.2, -0.15) is 4.31 Å². The van der Waals surface area contributed by atoms with Crippen LogP contribution in [-0.2, 0) is 20.5 Å². The number of halogens is 1. The number of rotatable bonds is 6. The second kappa shape index (κ2) is 8.63. The number of likely N-dealkylation sites (N-methyl/N-ethyl adjacent to an activating group) is 1. The molecule has 23 heavy (non-hydrogen) atoms. The summed E-state index contributed by atoms with van der Waals surface area (Å²) in [6, 6.07) is 6.59. The van der Waals surface area contributed by atoms with Crippen molar-refractivity contribution in [2.45, 2.75) is 24.6 Å². The fourth-order valence-electron chi connectivity index (χ4n) is 2.81. The number of ether oxygens (including phenoxy) is 1. The Morgan fingerprint density at radius 3 is 2.83 bits per heavy atom. The summed E-state index contributed by atoms with van der Waals surface area (Å²) < 4.78 is 31.5. The predicted molar refractivity (Wildman–Crippen MR) is 91.3 cm³/mol. The molecule has 0 amide bonds.